The Hall–Kier alpha value is 0.140. The molecule has 0 bridgehead atoms. The van der Waals surface area contributed by atoms with Crippen molar-refractivity contribution in [2.45, 2.75) is 25.1 Å². The average Bonchev–Trinajstić information content (AvgIpc) is 1.68. The SMILES string of the molecule is CCCC(Cl)C#CCl. The molecule has 0 aliphatic rings. The van der Waals surface area contributed by atoms with Crippen LogP contribution >= 0.6 is 23.2 Å². The minimum absolute atomic E-state index is 0.0579. The summed E-state index contributed by atoms with van der Waals surface area (Å²) in [6.07, 6.45) is 1.97. The molecule has 0 aliphatic heterocycles. The Balaban J connectivity index is 3.27. The monoisotopic (exact) mass is 150 g/mol. The first-order valence-electron chi connectivity index (χ1n) is 2.56. The summed E-state index contributed by atoms with van der Waals surface area (Å²) in [5.41, 5.74) is 0. The van der Waals surface area contributed by atoms with Gasteiger partial charge >= 0.3 is 0 Å². The maximum absolute atomic E-state index is 5.62. The maximum atomic E-state index is 5.62. The van der Waals surface area contributed by atoms with Crippen LogP contribution in [0.1, 0.15) is 19.8 Å². The zero-order chi connectivity index (χ0) is 6.41. The molecule has 0 saturated carbocycles. The Labute approximate surface area is 60.2 Å². The highest BCUT2D eigenvalue weighted by Gasteiger charge is 1.93. The highest BCUT2D eigenvalue weighted by molar-refractivity contribution is 6.31. The van der Waals surface area contributed by atoms with Crippen LogP contribution in [0.3, 0.4) is 0 Å². The molecule has 0 saturated heterocycles. The van der Waals surface area contributed by atoms with E-state index in [1.165, 1.54) is 0 Å². The van der Waals surface area contributed by atoms with E-state index < -0.39 is 0 Å². The van der Waals surface area contributed by atoms with E-state index in [0.29, 0.717) is 0 Å². The van der Waals surface area contributed by atoms with Gasteiger partial charge in [-0.1, -0.05) is 19.3 Å². The van der Waals surface area contributed by atoms with Crippen LogP contribution in [0.25, 0.3) is 0 Å². The molecule has 0 N–H and O–H groups in total. The van der Waals surface area contributed by atoms with Gasteiger partial charge in [0.15, 0.2) is 0 Å². The maximum Gasteiger partial charge on any atom is 0.0955 e. The smallest absolute Gasteiger partial charge is 0.0955 e. The molecule has 8 heavy (non-hydrogen) atoms. The molecular formula is C6H8Cl2. The highest BCUT2D eigenvalue weighted by Crippen LogP contribution is 2.02. The zero-order valence-electron chi connectivity index (χ0n) is 4.75. The Bertz CT molecular complexity index is 98.8. The first-order chi connectivity index (χ1) is 3.81. The van der Waals surface area contributed by atoms with Crippen molar-refractivity contribution in [1.82, 2.24) is 0 Å². The molecule has 46 valence electrons. The largest absolute Gasteiger partial charge is 0.109 e. The Morgan fingerprint density at radius 1 is 1.62 bits per heavy atom. The van der Waals surface area contributed by atoms with Crippen molar-refractivity contribution in [3.05, 3.63) is 0 Å². The van der Waals surface area contributed by atoms with E-state index >= 15 is 0 Å². The first kappa shape index (κ1) is 8.14. The molecule has 0 nitrogen and oxygen atoms in total. The van der Waals surface area contributed by atoms with Crippen LogP contribution in [-0.4, -0.2) is 5.38 Å². The van der Waals surface area contributed by atoms with Crippen LogP contribution in [0.5, 0.6) is 0 Å². The number of hydrogen-bond donors (Lipinski definition) is 0. The van der Waals surface area contributed by atoms with Crippen LogP contribution in [0.2, 0.25) is 0 Å². The molecule has 1 atom stereocenters. The van der Waals surface area contributed by atoms with Gasteiger partial charge in [0.1, 0.15) is 0 Å². The highest BCUT2D eigenvalue weighted by atomic mass is 35.5. The predicted molar refractivity (Wildman–Crippen MR) is 38.2 cm³/mol. The van der Waals surface area contributed by atoms with Crippen molar-refractivity contribution in [2.24, 2.45) is 0 Å². The summed E-state index contributed by atoms with van der Waals surface area (Å²) in [4.78, 5) is 0. The molecule has 0 rings (SSSR count). The van der Waals surface area contributed by atoms with Crippen LogP contribution in [0, 0.1) is 11.3 Å². The van der Waals surface area contributed by atoms with Gasteiger partial charge in [-0.25, -0.2) is 0 Å². The zero-order valence-corrected chi connectivity index (χ0v) is 6.26. The first-order valence-corrected chi connectivity index (χ1v) is 3.38. The second-order valence-electron chi connectivity index (χ2n) is 1.50. The number of alkyl halides is 1. The van der Waals surface area contributed by atoms with Gasteiger partial charge in [-0.05, 0) is 18.0 Å². The summed E-state index contributed by atoms with van der Waals surface area (Å²) in [5.74, 6) is 2.63. The van der Waals surface area contributed by atoms with Crippen molar-refractivity contribution in [2.75, 3.05) is 0 Å². The van der Waals surface area contributed by atoms with E-state index in [4.69, 9.17) is 23.2 Å². The minimum atomic E-state index is -0.0579. The third-order valence-electron chi connectivity index (χ3n) is 0.753. The van der Waals surface area contributed by atoms with Crippen molar-refractivity contribution >= 4 is 23.2 Å². The fraction of sp³-hybridized carbons (Fsp3) is 0.667. The quantitative estimate of drug-likeness (QED) is 0.420. The fourth-order valence-corrected chi connectivity index (χ4v) is 0.845. The van der Waals surface area contributed by atoms with Crippen molar-refractivity contribution < 1.29 is 0 Å². The second-order valence-corrected chi connectivity index (χ2v) is 2.21. The number of rotatable bonds is 2. The van der Waals surface area contributed by atoms with E-state index in [2.05, 4.69) is 18.2 Å². The predicted octanol–water partition coefficient (Wildman–Crippen LogP) is 2.59. The van der Waals surface area contributed by atoms with E-state index in [1.54, 1.807) is 0 Å². The fourth-order valence-electron chi connectivity index (χ4n) is 0.385. The molecule has 0 fully saturated rings. The molecule has 2 heteroatoms. The Morgan fingerprint density at radius 3 is 2.62 bits per heavy atom. The lowest BCUT2D eigenvalue weighted by Crippen LogP contribution is -1.90. The standard InChI is InChI=1S/C6H8Cl2/c1-2-3-6(8)4-5-7/h6H,2-3H2,1H3. The van der Waals surface area contributed by atoms with E-state index in [-0.39, 0.29) is 5.38 Å². The van der Waals surface area contributed by atoms with Crippen molar-refractivity contribution in [3.8, 4) is 11.3 Å². The van der Waals surface area contributed by atoms with E-state index in [9.17, 15) is 0 Å². The molecule has 1 unspecified atom stereocenters. The third-order valence-corrected chi connectivity index (χ3v) is 1.19. The lowest BCUT2D eigenvalue weighted by atomic mass is 10.3. The van der Waals surface area contributed by atoms with Crippen LogP contribution < -0.4 is 0 Å². The van der Waals surface area contributed by atoms with Gasteiger partial charge in [0.05, 0.1) is 5.38 Å². The van der Waals surface area contributed by atoms with Gasteiger partial charge in [0.2, 0.25) is 0 Å². The van der Waals surface area contributed by atoms with Crippen LogP contribution in [0.4, 0.5) is 0 Å². The van der Waals surface area contributed by atoms with Crippen molar-refractivity contribution in [3.63, 3.8) is 0 Å². The average molecular weight is 151 g/mol. The van der Waals surface area contributed by atoms with Gasteiger partial charge in [-0.15, -0.1) is 11.6 Å². The normalized spacial score (nSPS) is 11.9. The lowest BCUT2D eigenvalue weighted by molar-refractivity contribution is 0.834. The summed E-state index contributed by atoms with van der Waals surface area (Å²) < 4.78 is 0. The second kappa shape index (κ2) is 5.28. The van der Waals surface area contributed by atoms with Gasteiger partial charge in [0.25, 0.3) is 0 Å². The number of halogens is 2. The molecule has 0 aromatic carbocycles. The molecule has 0 amide bonds. The molecule has 0 aromatic heterocycles. The van der Waals surface area contributed by atoms with E-state index in [0.717, 1.165) is 12.8 Å². The Morgan fingerprint density at radius 2 is 2.25 bits per heavy atom. The summed E-state index contributed by atoms with van der Waals surface area (Å²) in [5, 5.41) is 2.18. The number of hydrogen-bond acceptors (Lipinski definition) is 0. The summed E-state index contributed by atoms with van der Waals surface area (Å²) in [7, 11) is 0. The minimum Gasteiger partial charge on any atom is -0.109 e. The topological polar surface area (TPSA) is 0 Å². The molecule has 0 aliphatic carbocycles. The third kappa shape index (κ3) is 4.30. The summed E-state index contributed by atoms with van der Waals surface area (Å²) in [6.45, 7) is 2.06. The van der Waals surface area contributed by atoms with Gasteiger partial charge < -0.3 is 0 Å². The Kier molecular flexibility index (Phi) is 5.37. The molecule has 0 aromatic rings. The molecular weight excluding hydrogens is 143 g/mol. The van der Waals surface area contributed by atoms with Crippen LogP contribution in [-0.2, 0) is 0 Å². The summed E-state index contributed by atoms with van der Waals surface area (Å²) in [6, 6.07) is 0. The van der Waals surface area contributed by atoms with Gasteiger partial charge in [0, 0.05) is 5.38 Å². The van der Waals surface area contributed by atoms with E-state index in [1.807, 2.05) is 0 Å². The molecule has 0 radical (unpaired) electrons. The van der Waals surface area contributed by atoms with Gasteiger partial charge in [-0.3, -0.25) is 0 Å². The van der Waals surface area contributed by atoms with Gasteiger partial charge in [-0.2, -0.15) is 0 Å². The lowest BCUT2D eigenvalue weighted by Gasteiger charge is -1.93. The van der Waals surface area contributed by atoms with Crippen LogP contribution in [0.15, 0.2) is 0 Å². The van der Waals surface area contributed by atoms with Crippen molar-refractivity contribution in [1.29, 1.82) is 0 Å². The summed E-state index contributed by atoms with van der Waals surface area (Å²) >= 11 is 10.7. The molecule has 0 heterocycles. The molecule has 0 spiro atoms.